The molecule has 2 unspecified atom stereocenters. The van der Waals surface area contributed by atoms with E-state index >= 15 is 0 Å². The van der Waals surface area contributed by atoms with E-state index in [0.29, 0.717) is 12.8 Å². The Bertz CT molecular complexity index is 344. The molecule has 114 valence electrons. The number of rotatable bonds is 7. The van der Waals surface area contributed by atoms with Gasteiger partial charge in [0.15, 0.2) is 6.29 Å². The fourth-order valence-corrected chi connectivity index (χ4v) is 3.80. The van der Waals surface area contributed by atoms with Crippen molar-refractivity contribution in [3.05, 3.63) is 11.6 Å². The summed E-state index contributed by atoms with van der Waals surface area (Å²) in [4.78, 5) is 12.0. The molecule has 3 nitrogen and oxygen atoms in total. The van der Waals surface area contributed by atoms with Crippen LogP contribution in [0.25, 0.3) is 0 Å². The van der Waals surface area contributed by atoms with Gasteiger partial charge in [0.2, 0.25) is 0 Å². The SMILES string of the molecule is COC(CC(=O)CCC1CCCC2=CCCCC21)OC. The molecule has 0 radical (unpaired) electrons. The molecule has 0 aliphatic heterocycles. The molecule has 20 heavy (non-hydrogen) atoms. The van der Waals surface area contributed by atoms with Crippen molar-refractivity contribution in [2.45, 2.75) is 64.1 Å². The second kappa shape index (κ2) is 7.94. The highest BCUT2D eigenvalue weighted by Crippen LogP contribution is 2.42. The number of hydrogen-bond acceptors (Lipinski definition) is 3. The molecule has 0 amide bonds. The zero-order chi connectivity index (χ0) is 14.4. The third-order valence-electron chi connectivity index (χ3n) is 4.93. The predicted molar refractivity (Wildman–Crippen MR) is 79.4 cm³/mol. The first-order valence-electron chi connectivity index (χ1n) is 8.00. The van der Waals surface area contributed by atoms with Crippen molar-refractivity contribution in [2.75, 3.05) is 14.2 Å². The molecule has 3 heteroatoms. The molecular formula is C17H28O3. The Kier molecular flexibility index (Phi) is 6.24. The number of carbonyl (C=O) groups excluding carboxylic acids is 1. The minimum absolute atomic E-state index is 0.269. The third kappa shape index (κ3) is 4.16. The van der Waals surface area contributed by atoms with Crippen LogP contribution < -0.4 is 0 Å². The maximum absolute atomic E-state index is 12.0. The Morgan fingerprint density at radius 3 is 2.85 bits per heavy atom. The number of ketones is 1. The number of hydrogen-bond donors (Lipinski definition) is 0. The predicted octanol–water partition coefficient (Wildman–Crippen LogP) is 3.87. The second-order valence-electron chi connectivity index (χ2n) is 6.15. The molecule has 1 fully saturated rings. The van der Waals surface area contributed by atoms with Gasteiger partial charge in [-0.2, -0.15) is 0 Å². The van der Waals surface area contributed by atoms with E-state index in [1.54, 1.807) is 19.8 Å². The summed E-state index contributed by atoms with van der Waals surface area (Å²) in [6.45, 7) is 0. The molecule has 2 aliphatic rings. The first-order valence-corrected chi connectivity index (χ1v) is 8.00. The fourth-order valence-electron chi connectivity index (χ4n) is 3.80. The topological polar surface area (TPSA) is 35.5 Å². The lowest BCUT2D eigenvalue weighted by Gasteiger charge is -2.36. The lowest BCUT2D eigenvalue weighted by molar-refractivity contribution is -0.137. The molecule has 0 aromatic rings. The van der Waals surface area contributed by atoms with E-state index in [1.807, 2.05) is 0 Å². The van der Waals surface area contributed by atoms with Gasteiger partial charge in [-0.05, 0) is 56.8 Å². The number of allylic oxidation sites excluding steroid dienone is 2. The van der Waals surface area contributed by atoms with E-state index in [9.17, 15) is 4.79 Å². The van der Waals surface area contributed by atoms with Crippen LogP contribution in [0.4, 0.5) is 0 Å². The smallest absolute Gasteiger partial charge is 0.163 e. The first kappa shape index (κ1) is 15.7. The molecule has 2 atom stereocenters. The van der Waals surface area contributed by atoms with Crippen LogP contribution in [0.1, 0.15) is 57.8 Å². The molecule has 0 heterocycles. The van der Waals surface area contributed by atoms with Crippen LogP contribution in [0.3, 0.4) is 0 Å². The number of ether oxygens (including phenoxy) is 2. The van der Waals surface area contributed by atoms with Gasteiger partial charge in [-0.1, -0.05) is 11.6 Å². The molecule has 2 rings (SSSR count). The van der Waals surface area contributed by atoms with Crippen LogP contribution in [0.2, 0.25) is 0 Å². The molecule has 0 bridgehead atoms. The van der Waals surface area contributed by atoms with Gasteiger partial charge in [-0.15, -0.1) is 0 Å². The molecule has 0 spiro atoms. The van der Waals surface area contributed by atoms with Crippen molar-refractivity contribution < 1.29 is 14.3 Å². The summed E-state index contributed by atoms with van der Waals surface area (Å²) < 4.78 is 10.2. The Balaban J connectivity index is 1.79. The lowest BCUT2D eigenvalue weighted by atomic mass is 9.69. The summed E-state index contributed by atoms with van der Waals surface area (Å²) in [6, 6.07) is 0. The van der Waals surface area contributed by atoms with E-state index in [-0.39, 0.29) is 12.1 Å². The van der Waals surface area contributed by atoms with Crippen LogP contribution in [-0.2, 0) is 14.3 Å². The van der Waals surface area contributed by atoms with Crippen LogP contribution in [0.5, 0.6) is 0 Å². The van der Waals surface area contributed by atoms with Gasteiger partial charge < -0.3 is 9.47 Å². The summed E-state index contributed by atoms with van der Waals surface area (Å²) >= 11 is 0. The molecule has 0 saturated heterocycles. The van der Waals surface area contributed by atoms with E-state index in [2.05, 4.69) is 6.08 Å². The van der Waals surface area contributed by atoms with Crippen molar-refractivity contribution in [3.8, 4) is 0 Å². The summed E-state index contributed by atoms with van der Waals surface area (Å²) in [5.74, 6) is 1.76. The normalized spacial score (nSPS) is 26.2. The van der Waals surface area contributed by atoms with Crippen molar-refractivity contribution in [3.63, 3.8) is 0 Å². The lowest BCUT2D eigenvalue weighted by Crippen LogP contribution is -2.25. The molecule has 2 aliphatic carbocycles. The van der Waals surface area contributed by atoms with Crippen molar-refractivity contribution in [1.29, 1.82) is 0 Å². The minimum atomic E-state index is -0.376. The zero-order valence-corrected chi connectivity index (χ0v) is 12.9. The Labute approximate surface area is 122 Å². The van der Waals surface area contributed by atoms with Crippen LogP contribution in [0.15, 0.2) is 11.6 Å². The standard InChI is InChI=1S/C17H28O3/c1-19-17(20-2)12-15(18)11-10-14-8-5-7-13-6-3-4-9-16(13)14/h6,14,16-17H,3-5,7-12H2,1-2H3. The summed E-state index contributed by atoms with van der Waals surface area (Å²) in [5, 5.41) is 0. The van der Waals surface area contributed by atoms with E-state index in [0.717, 1.165) is 18.3 Å². The maximum atomic E-state index is 12.0. The average Bonchev–Trinajstić information content (AvgIpc) is 2.50. The molecule has 1 saturated carbocycles. The number of carbonyl (C=O) groups is 1. The monoisotopic (exact) mass is 280 g/mol. The Morgan fingerprint density at radius 2 is 2.10 bits per heavy atom. The molecular weight excluding hydrogens is 252 g/mol. The van der Waals surface area contributed by atoms with Crippen molar-refractivity contribution in [1.82, 2.24) is 0 Å². The van der Waals surface area contributed by atoms with Gasteiger partial charge in [0.05, 0.1) is 6.42 Å². The van der Waals surface area contributed by atoms with Crippen LogP contribution >= 0.6 is 0 Å². The summed E-state index contributed by atoms with van der Waals surface area (Å²) in [5.41, 5.74) is 1.69. The van der Waals surface area contributed by atoms with Gasteiger partial charge in [0.1, 0.15) is 5.78 Å². The van der Waals surface area contributed by atoms with Crippen molar-refractivity contribution >= 4 is 5.78 Å². The van der Waals surface area contributed by atoms with Gasteiger partial charge in [0.25, 0.3) is 0 Å². The average molecular weight is 280 g/mol. The molecule has 0 aromatic heterocycles. The van der Waals surface area contributed by atoms with Gasteiger partial charge in [0, 0.05) is 20.6 Å². The Morgan fingerprint density at radius 1 is 1.30 bits per heavy atom. The van der Waals surface area contributed by atoms with Crippen LogP contribution in [-0.4, -0.2) is 26.3 Å². The Hall–Kier alpha value is -0.670. The van der Waals surface area contributed by atoms with Crippen molar-refractivity contribution in [2.24, 2.45) is 11.8 Å². The number of fused-ring (bicyclic) bond motifs is 1. The highest BCUT2D eigenvalue weighted by molar-refractivity contribution is 5.78. The highest BCUT2D eigenvalue weighted by atomic mass is 16.7. The van der Waals surface area contributed by atoms with Crippen LogP contribution in [0, 0.1) is 11.8 Å². The highest BCUT2D eigenvalue weighted by Gasteiger charge is 2.30. The number of Topliss-reactive ketones (excluding diaryl/α,β-unsaturated/α-hetero) is 1. The molecule has 0 aromatic carbocycles. The van der Waals surface area contributed by atoms with E-state index < -0.39 is 0 Å². The zero-order valence-electron chi connectivity index (χ0n) is 12.9. The third-order valence-corrected chi connectivity index (χ3v) is 4.93. The maximum Gasteiger partial charge on any atom is 0.163 e. The quantitative estimate of drug-likeness (QED) is 0.524. The van der Waals surface area contributed by atoms with E-state index in [1.165, 1.54) is 38.5 Å². The van der Waals surface area contributed by atoms with E-state index in [4.69, 9.17) is 9.47 Å². The second-order valence-corrected chi connectivity index (χ2v) is 6.15. The van der Waals surface area contributed by atoms with Gasteiger partial charge >= 0.3 is 0 Å². The largest absolute Gasteiger partial charge is 0.355 e. The summed E-state index contributed by atoms with van der Waals surface area (Å²) in [7, 11) is 3.17. The van der Waals surface area contributed by atoms with Gasteiger partial charge in [-0.25, -0.2) is 0 Å². The first-order chi connectivity index (χ1) is 9.74. The molecule has 0 N–H and O–H groups in total. The number of methoxy groups -OCH3 is 2. The fraction of sp³-hybridized carbons (Fsp3) is 0.824. The summed E-state index contributed by atoms with van der Waals surface area (Å²) in [6.07, 6.45) is 12.0. The van der Waals surface area contributed by atoms with Gasteiger partial charge in [-0.3, -0.25) is 4.79 Å². The minimum Gasteiger partial charge on any atom is -0.355 e.